The van der Waals surface area contributed by atoms with Crippen molar-refractivity contribution in [2.24, 2.45) is 17.6 Å². The van der Waals surface area contributed by atoms with Gasteiger partial charge in [-0.15, -0.1) is 0 Å². The van der Waals surface area contributed by atoms with Gasteiger partial charge >= 0.3 is 5.97 Å². The number of nitrogens with one attached hydrogen (secondary N) is 1. The molecule has 3 atom stereocenters. The van der Waals surface area contributed by atoms with E-state index in [-0.39, 0.29) is 23.5 Å². The van der Waals surface area contributed by atoms with Crippen molar-refractivity contribution < 1.29 is 14.6 Å². The van der Waals surface area contributed by atoms with Crippen molar-refractivity contribution in [1.29, 1.82) is 0 Å². The van der Waals surface area contributed by atoms with Crippen LogP contribution in [0.2, 0.25) is 0 Å². The molecule has 7 nitrogen and oxygen atoms in total. The zero-order valence-corrected chi connectivity index (χ0v) is 24.7. The second-order valence-corrected chi connectivity index (χ2v) is 12.6. The number of nitrogens with two attached hydrogens (primary N) is 1. The molecule has 0 spiro atoms. The van der Waals surface area contributed by atoms with Crippen molar-refractivity contribution >= 4 is 5.97 Å². The number of carboxylic acids is 1. The number of hydrogen-bond acceptors (Lipinski definition) is 5. The van der Waals surface area contributed by atoms with Crippen LogP contribution in [-0.2, 0) is 0 Å². The van der Waals surface area contributed by atoms with Crippen LogP contribution in [0.15, 0.2) is 66.6 Å². The molecule has 0 amide bonds. The summed E-state index contributed by atoms with van der Waals surface area (Å²) in [7, 11) is 0. The molecular formula is C35H44N4O3. The van der Waals surface area contributed by atoms with Gasteiger partial charge in [-0.3, -0.25) is 0 Å². The molecule has 0 bridgehead atoms. The van der Waals surface area contributed by atoms with E-state index in [4.69, 9.17) is 10.5 Å². The zero-order valence-electron chi connectivity index (χ0n) is 24.7. The second-order valence-electron chi connectivity index (χ2n) is 12.6. The number of allylic oxidation sites excluding steroid dienone is 1. The van der Waals surface area contributed by atoms with E-state index in [9.17, 15) is 9.90 Å². The lowest BCUT2D eigenvalue weighted by Gasteiger charge is -2.28. The van der Waals surface area contributed by atoms with Crippen LogP contribution in [0.25, 0.3) is 16.8 Å². The van der Waals surface area contributed by atoms with E-state index in [0.717, 1.165) is 40.4 Å². The minimum atomic E-state index is -0.960. The molecule has 1 heterocycles. The molecule has 0 aliphatic heterocycles. The van der Waals surface area contributed by atoms with Crippen molar-refractivity contribution in [2.45, 2.75) is 95.6 Å². The second kappa shape index (κ2) is 12.6. The lowest BCUT2D eigenvalue weighted by atomic mass is 9.86. The molecule has 1 aromatic heterocycles. The van der Waals surface area contributed by atoms with Gasteiger partial charge in [-0.05, 0) is 80.3 Å². The smallest absolute Gasteiger partial charge is 0.339 e. The number of benzene rings is 2. The first-order chi connectivity index (χ1) is 20.5. The topological polar surface area (TPSA) is 102 Å². The first kappa shape index (κ1) is 28.4. The van der Waals surface area contributed by atoms with Crippen LogP contribution in [0, 0.1) is 11.8 Å². The van der Waals surface area contributed by atoms with Gasteiger partial charge in [0.15, 0.2) is 0 Å². The Labute approximate surface area is 249 Å². The quantitative estimate of drug-likeness (QED) is 0.235. The summed E-state index contributed by atoms with van der Waals surface area (Å²) < 4.78 is 8.20. The summed E-state index contributed by atoms with van der Waals surface area (Å²) in [4.78, 5) is 12.2. The highest BCUT2D eigenvalue weighted by molar-refractivity contribution is 5.89. The summed E-state index contributed by atoms with van der Waals surface area (Å²) in [6.07, 6.45) is 17.1. The van der Waals surface area contributed by atoms with Crippen molar-refractivity contribution in [3.63, 3.8) is 0 Å². The zero-order chi connectivity index (χ0) is 29.1. The molecule has 3 aliphatic rings. The van der Waals surface area contributed by atoms with Gasteiger partial charge in [0.1, 0.15) is 11.3 Å². The number of hydrogen-bond donors (Lipinski definition) is 3. The Hall–Kier alpha value is -3.74. The van der Waals surface area contributed by atoms with Gasteiger partial charge in [0.2, 0.25) is 0 Å². The molecule has 2 unspecified atom stereocenters. The fraction of sp³-hybridized carbons (Fsp3) is 0.486. The molecule has 3 aliphatic carbocycles. The summed E-state index contributed by atoms with van der Waals surface area (Å²) in [5.74, 6) is 0.666. The van der Waals surface area contributed by atoms with Crippen molar-refractivity contribution in [1.82, 2.24) is 15.1 Å². The van der Waals surface area contributed by atoms with Crippen molar-refractivity contribution in [3.8, 4) is 22.6 Å². The summed E-state index contributed by atoms with van der Waals surface area (Å²) in [5, 5.41) is 18.1. The van der Waals surface area contributed by atoms with Crippen LogP contribution in [0.4, 0.5) is 0 Å². The monoisotopic (exact) mass is 568 g/mol. The first-order valence-electron chi connectivity index (χ1n) is 15.9. The molecule has 6 rings (SSSR count). The standard InChI is InChI=1S/C35H44N4O3/c1-23(24-10-4-2-5-11-24)42-29-17-9-13-26(19-29)25-12-8-16-28(18-25)39-34(32(21-38-39)35(40)41)31-20-30(31)33(36)22-37-27-14-6-3-7-15-27/h8-9,12-13,16-19,21-24,27,30-31,37H,2-7,10-11,14-15,20,36H2,1H3,(H,40,41)/b33-22-/t23?,30?,31-/m1/s1. The Morgan fingerprint density at radius 1 is 1.02 bits per heavy atom. The largest absolute Gasteiger partial charge is 0.490 e. The third-order valence-electron chi connectivity index (χ3n) is 9.59. The minimum Gasteiger partial charge on any atom is -0.490 e. The fourth-order valence-corrected chi connectivity index (χ4v) is 7.02. The molecule has 2 aromatic carbocycles. The number of aromatic carboxylic acids is 1. The number of aromatic nitrogens is 2. The maximum atomic E-state index is 12.2. The first-order valence-corrected chi connectivity index (χ1v) is 15.9. The molecule has 4 N–H and O–H groups in total. The number of ether oxygens (including phenoxy) is 1. The van der Waals surface area contributed by atoms with E-state index in [1.165, 1.54) is 70.4 Å². The predicted molar refractivity (Wildman–Crippen MR) is 166 cm³/mol. The highest BCUT2D eigenvalue weighted by Gasteiger charge is 2.45. The van der Waals surface area contributed by atoms with Crippen LogP contribution < -0.4 is 15.8 Å². The molecular weight excluding hydrogens is 524 g/mol. The van der Waals surface area contributed by atoms with Gasteiger partial charge in [0.05, 0.1) is 23.7 Å². The number of rotatable bonds is 10. The van der Waals surface area contributed by atoms with E-state index < -0.39 is 5.97 Å². The average Bonchev–Trinajstić information content (AvgIpc) is 3.70. The molecule has 7 heteroatoms. The molecule has 3 fully saturated rings. The number of carboxylic acid groups (broad SMARTS) is 1. The van der Waals surface area contributed by atoms with Crippen LogP contribution >= 0.6 is 0 Å². The number of carbonyl (C=O) groups is 1. The van der Waals surface area contributed by atoms with E-state index in [1.54, 1.807) is 4.68 Å². The molecule has 42 heavy (non-hydrogen) atoms. The Morgan fingerprint density at radius 3 is 2.45 bits per heavy atom. The van der Waals surface area contributed by atoms with Gasteiger partial charge in [-0.1, -0.05) is 62.8 Å². The van der Waals surface area contributed by atoms with E-state index in [1.807, 2.05) is 30.5 Å². The van der Waals surface area contributed by atoms with Crippen LogP contribution in [-0.4, -0.2) is 33.0 Å². The lowest BCUT2D eigenvalue weighted by Crippen LogP contribution is -2.27. The van der Waals surface area contributed by atoms with Crippen molar-refractivity contribution in [3.05, 3.63) is 77.9 Å². The summed E-state index contributed by atoms with van der Waals surface area (Å²) >= 11 is 0. The van der Waals surface area contributed by atoms with Gasteiger partial charge in [-0.25, -0.2) is 9.48 Å². The maximum Gasteiger partial charge on any atom is 0.339 e. The Morgan fingerprint density at radius 2 is 1.71 bits per heavy atom. The highest BCUT2D eigenvalue weighted by Crippen LogP contribution is 2.51. The van der Waals surface area contributed by atoms with E-state index in [0.29, 0.717) is 12.0 Å². The van der Waals surface area contributed by atoms with E-state index in [2.05, 4.69) is 41.6 Å². The Bertz CT molecular complexity index is 1420. The fourth-order valence-electron chi connectivity index (χ4n) is 7.02. The maximum absolute atomic E-state index is 12.2. The van der Waals surface area contributed by atoms with Gasteiger partial charge in [0, 0.05) is 29.8 Å². The van der Waals surface area contributed by atoms with Gasteiger partial charge in [-0.2, -0.15) is 5.10 Å². The van der Waals surface area contributed by atoms with Gasteiger partial charge < -0.3 is 20.9 Å². The molecule has 0 saturated heterocycles. The van der Waals surface area contributed by atoms with Crippen LogP contribution in [0.1, 0.15) is 99.5 Å². The predicted octanol–water partition coefficient (Wildman–Crippen LogP) is 7.41. The molecule has 222 valence electrons. The summed E-state index contributed by atoms with van der Waals surface area (Å²) in [5.41, 5.74) is 11.2. The molecule has 3 aromatic rings. The summed E-state index contributed by atoms with van der Waals surface area (Å²) in [6, 6.07) is 16.9. The molecule has 0 radical (unpaired) electrons. The third-order valence-corrected chi connectivity index (χ3v) is 9.59. The highest BCUT2D eigenvalue weighted by atomic mass is 16.5. The number of nitrogens with zero attached hydrogens (tertiary/aromatic N) is 2. The van der Waals surface area contributed by atoms with E-state index >= 15 is 0 Å². The Kier molecular flexibility index (Phi) is 8.54. The van der Waals surface area contributed by atoms with Gasteiger partial charge in [0.25, 0.3) is 0 Å². The van der Waals surface area contributed by atoms with Crippen LogP contribution in [0.5, 0.6) is 5.75 Å². The molecule has 3 saturated carbocycles. The minimum absolute atomic E-state index is 0.0182. The lowest BCUT2D eigenvalue weighted by molar-refractivity contribution is 0.0695. The van der Waals surface area contributed by atoms with Crippen molar-refractivity contribution in [2.75, 3.05) is 0 Å². The SMILES string of the molecule is CC(Oc1cccc(-c2cccc(-n3ncc(C(=O)O)c3[C@@H]3CC3/C(N)=C/NC3CCCCC3)c2)c1)C1CCCCC1. The third kappa shape index (κ3) is 6.35. The average molecular weight is 569 g/mol. The van der Waals surface area contributed by atoms with Crippen LogP contribution in [0.3, 0.4) is 0 Å². The normalized spacial score (nSPS) is 22.5. The summed E-state index contributed by atoms with van der Waals surface area (Å²) in [6.45, 7) is 2.20. The Balaban J connectivity index is 1.21.